The van der Waals surface area contributed by atoms with Gasteiger partial charge in [-0.3, -0.25) is 9.69 Å². The molecule has 0 aromatic heterocycles. The fourth-order valence-electron chi connectivity index (χ4n) is 4.11. The molecule has 1 fully saturated rings. The fourth-order valence-corrected chi connectivity index (χ4v) is 5.40. The number of aromatic hydroxyl groups is 1. The Labute approximate surface area is 205 Å². The molecule has 1 amide bonds. The maximum absolute atomic E-state index is 13.5. The van der Waals surface area contributed by atoms with E-state index in [0.29, 0.717) is 15.0 Å². The molecule has 3 aromatic rings. The molecule has 1 saturated heterocycles. The van der Waals surface area contributed by atoms with Gasteiger partial charge in [0.15, 0.2) is 4.32 Å². The third-order valence-corrected chi connectivity index (χ3v) is 7.15. The van der Waals surface area contributed by atoms with Gasteiger partial charge in [0.2, 0.25) is 0 Å². The molecule has 0 atom stereocenters. The molecule has 1 heterocycles. The molecule has 33 heavy (non-hydrogen) atoms. The van der Waals surface area contributed by atoms with Crippen molar-refractivity contribution in [2.45, 2.75) is 52.4 Å². The van der Waals surface area contributed by atoms with E-state index in [1.807, 2.05) is 60.7 Å². The predicted molar refractivity (Wildman–Crippen MR) is 145 cm³/mol. The van der Waals surface area contributed by atoms with Crippen LogP contribution in [-0.2, 0) is 15.6 Å². The van der Waals surface area contributed by atoms with Gasteiger partial charge in [-0.05, 0) is 46.1 Å². The van der Waals surface area contributed by atoms with Crippen molar-refractivity contribution in [1.82, 2.24) is 0 Å². The number of hydrogen-bond acceptors (Lipinski definition) is 4. The molecule has 5 heteroatoms. The van der Waals surface area contributed by atoms with Crippen LogP contribution in [0, 0.1) is 0 Å². The van der Waals surface area contributed by atoms with Crippen LogP contribution in [0.4, 0.5) is 5.69 Å². The molecule has 1 N–H and O–H groups in total. The summed E-state index contributed by atoms with van der Waals surface area (Å²) in [6.07, 6.45) is 1.90. The molecule has 1 aliphatic heterocycles. The van der Waals surface area contributed by atoms with Gasteiger partial charge in [0.1, 0.15) is 5.75 Å². The SMILES string of the molecule is CC(C)(C)c1cc(/C=C2/SC(=S)N(c3cccc4ccccc34)C2=O)cc(C(C)(C)C)c1O. The molecule has 170 valence electrons. The van der Waals surface area contributed by atoms with E-state index in [2.05, 4.69) is 41.5 Å². The van der Waals surface area contributed by atoms with Crippen LogP contribution in [0.15, 0.2) is 59.5 Å². The lowest BCUT2D eigenvalue weighted by molar-refractivity contribution is -0.113. The number of fused-ring (bicyclic) bond motifs is 1. The quantitative estimate of drug-likeness (QED) is 0.307. The highest BCUT2D eigenvalue weighted by molar-refractivity contribution is 8.27. The van der Waals surface area contributed by atoms with E-state index in [-0.39, 0.29) is 16.7 Å². The lowest BCUT2D eigenvalue weighted by atomic mass is 9.78. The number of thiocarbonyl (C=S) groups is 1. The van der Waals surface area contributed by atoms with E-state index >= 15 is 0 Å². The second kappa shape index (κ2) is 8.30. The molecule has 0 saturated carbocycles. The smallest absolute Gasteiger partial charge is 0.270 e. The first kappa shape index (κ1) is 23.5. The van der Waals surface area contributed by atoms with Gasteiger partial charge in [0.05, 0.1) is 10.6 Å². The van der Waals surface area contributed by atoms with E-state index in [9.17, 15) is 9.90 Å². The summed E-state index contributed by atoms with van der Waals surface area (Å²) in [6, 6.07) is 17.9. The number of hydrogen-bond donors (Lipinski definition) is 1. The first-order chi connectivity index (χ1) is 15.4. The van der Waals surface area contributed by atoms with Crippen LogP contribution < -0.4 is 4.90 Å². The number of nitrogens with zero attached hydrogens (tertiary/aromatic N) is 1. The number of anilines is 1. The van der Waals surface area contributed by atoms with Gasteiger partial charge in [-0.25, -0.2) is 0 Å². The van der Waals surface area contributed by atoms with Crippen LogP contribution in [0.25, 0.3) is 16.8 Å². The summed E-state index contributed by atoms with van der Waals surface area (Å²) in [5.41, 5.74) is 2.94. The molecule has 0 aliphatic carbocycles. The number of rotatable bonds is 2. The fraction of sp³-hybridized carbons (Fsp3) is 0.286. The number of carbonyl (C=O) groups excluding carboxylic acids is 1. The largest absolute Gasteiger partial charge is 0.507 e. The zero-order chi connectivity index (χ0) is 24.1. The summed E-state index contributed by atoms with van der Waals surface area (Å²) in [5, 5.41) is 13.1. The Morgan fingerprint density at radius 1 is 0.909 bits per heavy atom. The summed E-state index contributed by atoms with van der Waals surface area (Å²) < 4.78 is 0.522. The van der Waals surface area contributed by atoms with Gasteiger partial charge in [-0.15, -0.1) is 0 Å². The summed E-state index contributed by atoms with van der Waals surface area (Å²) in [7, 11) is 0. The maximum Gasteiger partial charge on any atom is 0.270 e. The topological polar surface area (TPSA) is 40.5 Å². The Morgan fingerprint density at radius 2 is 1.48 bits per heavy atom. The Kier molecular flexibility index (Phi) is 5.92. The third kappa shape index (κ3) is 4.44. The van der Waals surface area contributed by atoms with Crippen molar-refractivity contribution in [3.05, 3.63) is 76.2 Å². The van der Waals surface area contributed by atoms with E-state index in [4.69, 9.17) is 12.2 Å². The maximum atomic E-state index is 13.5. The first-order valence-electron chi connectivity index (χ1n) is 11.0. The van der Waals surface area contributed by atoms with Gasteiger partial charge in [-0.2, -0.15) is 0 Å². The number of phenolic OH excluding ortho intramolecular Hbond substituents is 1. The minimum Gasteiger partial charge on any atom is -0.507 e. The molecule has 1 aliphatic rings. The molecule has 0 bridgehead atoms. The van der Waals surface area contributed by atoms with Crippen molar-refractivity contribution < 1.29 is 9.90 Å². The Bertz CT molecular complexity index is 1270. The number of carbonyl (C=O) groups is 1. The Morgan fingerprint density at radius 3 is 2.09 bits per heavy atom. The van der Waals surface area contributed by atoms with E-state index < -0.39 is 0 Å². The van der Waals surface area contributed by atoms with Gasteiger partial charge < -0.3 is 5.11 Å². The zero-order valence-corrected chi connectivity index (χ0v) is 21.5. The van der Waals surface area contributed by atoms with Gasteiger partial charge >= 0.3 is 0 Å². The molecular weight excluding hydrogens is 446 g/mol. The van der Waals surface area contributed by atoms with Gasteiger partial charge in [-0.1, -0.05) is 102 Å². The minimum atomic E-state index is -0.240. The molecule has 0 unspecified atom stereocenters. The lowest BCUT2D eigenvalue weighted by Gasteiger charge is -2.28. The van der Waals surface area contributed by atoms with E-state index in [0.717, 1.165) is 33.2 Å². The molecule has 3 nitrogen and oxygen atoms in total. The second-order valence-corrected chi connectivity index (χ2v) is 12.2. The summed E-state index contributed by atoms with van der Waals surface area (Å²) in [4.78, 5) is 15.7. The van der Waals surface area contributed by atoms with Crippen LogP contribution in [0.2, 0.25) is 0 Å². The summed E-state index contributed by atoms with van der Waals surface area (Å²) >= 11 is 6.95. The number of thioether (sulfide) groups is 1. The van der Waals surface area contributed by atoms with Crippen LogP contribution in [0.1, 0.15) is 58.2 Å². The summed E-state index contributed by atoms with van der Waals surface area (Å²) in [5.74, 6) is 0.208. The summed E-state index contributed by atoms with van der Waals surface area (Å²) in [6.45, 7) is 12.5. The van der Waals surface area contributed by atoms with Crippen LogP contribution in [-0.4, -0.2) is 15.3 Å². The molecule has 0 spiro atoms. The molecule has 3 aromatic carbocycles. The second-order valence-electron chi connectivity index (χ2n) is 10.5. The Hall–Kier alpha value is -2.63. The van der Waals surface area contributed by atoms with Crippen LogP contribution >= 0.6 is 24.0 Å². The van der Waals surface area contributed by atoms with E-state index in [1.165, 1.54) is 11.8 Å². The third-order valence-electron chi connectivity index (χ3n) is 5.85. The van der Waals surface area contributed by atoms with Gasteiger partial charge in [0.25, 0.3) is 5.91 Å². The standard InChI is InChI=1S/C28H29NO2S2/c1-27(2,3)20-14-17(15-21(24(20)30)28(4,5)6)16-23-25(31)29(26(32)33-23)22-13-9-11-18-10-7-8-12-19(18)22/h7-16,30H,1-6H3/b23-16+. The average Bonchev–Trinajstić information content (AvgIpc) is 3.00. The lowest BCUT2D eigenvalue weighted by Crippen LogP contribution is -2.27. The molecule has 0 radical (unpaired) electrons. The van der Waals surface area contributed by atoms with E-state index in [1.54, 1.807) is 4.90 Å². The zero-order valence-electron chi connectivity index (χ0n) is 19.9. The van der Waals surface area contributed by atoms with Crippen molar-refractivity contribution in [3.63, 3.8) is 0 Å². The van der Waals surface area contributed by atoms with Crippen molar-refractivity contribution in [1.29, 1.82) is 0 Å². The number of benzene rings is 3. The number of phenols is 1. The van der Waals surface area contributed by atoms with Gasteiger partial charge in [0, 0.05) is 16.5 Å². The van der Waals surface area contributed by atoms with Crippen molar-refractivity contribution in [2.24, 2.45) is 0 Å². The highest BCUT2D eigenvalue weighted by atomic mass is 32.2. The monoisotopic (exact) mass is 475 g/mol. The highest BCUT2D eigenvalue weighted by Gasteiger charge is 2.34. The van der Waals surface area contributed by atoms with Crippen LogP contribution in [0.3, 0.4) is 0 Å². The molecule has 4 rings (SSSR count). The molecular formula is C28H29NO2S2. The number of amides is 1. The van der Waals surface area contributed by atoms with Crippen molar-refractivity contribution in [3.8, 4) is 5.75 Å². The predicted octanol–water partition coefficient (Wildman–Crippen LogP) is 7.55. The van der Waals surface area contributed by atoms with Crippen molar-refractivity contribution >= 4 is 56.7 Å². The Balaban J connectivity index is 1.81. The first-order valence-corrected chi connectivity index (χ1v) is 12.2. The minimum absolute atomic E-state index is 0.121. The normalized spacial score (nSPS) is 16.3. The van der Waals surface area contributed by atoms with Crippen LogP contribution in [0.5, 0.6) is 5.75 Å². The highest BCUT2D eigenvalue weighted by Crippen LogP contribution is 2.42. The van der Waals surface area contributed by atoms with Crippen molar-refractivity contribution in [2.75, 3.05) is 4.90 Å². The average molecular weight is 476 g/mol.